The minimum Gasteiger partial charge on any atom is -0.472 e. The Kier molecular flexibility index (Phi) is 7.08. The third-order valence-corrected chi connectivity index (χ3v) is 2.14. The summed E-state index contributed by atoms with van der Waals surface area (Å²) in [5, 5.41) is 20.8. The first-order valence-electron chi connectivity index (χ1n) is 6.43. The molecule has 0 aliphatic heterocycles. The van der Waals surface area contributed by atoms with Crippen LogP contribution in [-0.4, -0.2) is 40.0 Å². The van der Waals surface area contributed by atoms with Gasteiger partial charge in [-0.3, -0.25) is 0 Å². The highest BCUT2D eigenvalue weighted by atomic mass is 16.6. The van der Waals surface area contributed by atoms with E-state index in [1.54, 1.807) is 20.8 Å². The van der Waals surface area contributed by atoms with Gasteiger partial charge in [0.15, 0.2) is 0 Å². The van der Waals surface area contributed by atoms with Crippen molar-refractivity contribution < 1.29 is 24.5 Å². The number of carbonyl (C=O) groups excluding carboxylic acids is 1. The van der Waals surface area contributed by atoms with Crippen molar-refractivity contribution in [1.29, 1.82) is 0 Å². The molecule has 0 saturated heterocycles. The SMILES string of the molecule is CC(C)CC(NC(=O)OC(C)(C)C)C(O)C#CC(=O)O. The number of carboxylic acids is 1. The first-order chi connectivity index (χ1) is 9.01. The summed E-state index contributed by atoms with van der Waals surface area (Å²) < 4.78 is 5.10. The maximum absolute atomic E-state index is 11.7. The largest absolute Gasteiger partial charge is 0.472 e. The quantitative estimate of drug-likeness (QED) is 0.678. The predicted octanol–water partition coefficient (Wildman–Crippen LogP) is 1.37. The van der Waals surface area contributed by atoms with Crippen LogP contribution in [0.1, 0.15) is 41.0 Å². The van der Waals surface area contributed by atoms with Crippen LogP contribution in [0.25, 0.3) is 0 Å². The number of hydrogen-bond donors (Lipinski definition) is 3. The zero-order valence-corrected chi connectivity index (χ0v) is 12.6. The van der Waals surface area contributed by atoms with Gasteiger partial charge >= 0.3 is 12.1 Å². The second-order valence-corrected chi connectivity index (χ2v) is 5.90. The van der Waals surface area contributed by atoms with Gasteiger partial charge in [0, 0.05) is 5.92 Å². The Labute approximate surface area is 119 Å². The van der Waals surface area contributed by atoms with E-state index in [0.717, 1.165) is 0 Å². The molecule has 0 aromatic carbocycles. The molecular formula is C14H23NO5. The Hall–Kier alpha value is -1.74. The highest BCUT2D eigenvalue weighted by molar-refractivity contribution is 5.86. The maximum Gasteiger partial charge on any atom is 0.407 e. The van der Waals surface area contributed by atoms with Gasteiger partial charge in [0.05, 0.1) is 6.04 Å². The number of hydrogen-bond acceptors (Lipinski definition) is 4. The van der Waals surface area contributed by atoms with Gasteiger partial charge in [-0.15, -0.1) is 0 Å². The van der Waals surface area contributed by atoms with Crippen molar-refractivity contribution >= 4 is 12.1 Å². The van der Waals surface area contributed by atoms with Crippen LogP contribution in [0.4, 0.5) is 4.79 Å². The molecule has 0 aliphatic carbocycles. The number of aliphatic hydroxyl groups excluding tert-OH is 1. The van der Waals surface area contributed by atoms with E-state index in [1.807, 2.05) is 19.8 Å². The topological polar surface area (TPSA) is 95.9 Å². The standard InChI is InChI=1S/C14H23NO5/c1-9(2)8-10(11(16)6-7-12(17)18)15-13(19)20-14(3,4)5/h9-11,16H,8H2,1-5H3,(H,15,19)(H,17,18). The molecule has 0 spiro atoms. The van der Waals surface area contributed by atoms with E-state index in [2.05, 4.69) is 11.2 Å². The minimum absolute atomic E-state index is 0.191. The average molecular weight is 285 g/mol. The summed E-state index contributed by atoms with van der Waals surface area (Å²) >= 11 is 0. The zero-order chi connectivity index (χ0) is 15.9. The zero-order valence-electron chi connectivity index (χ0n) is 12.6. The summed E-state index contributed by atoms with van der Waals surface area (Å²) in [6.07, 6.45) is -1.48. The van der Waals surface area contributed by atoms with Crippen LogP contribution in [0.3, 0.4) is 0 Å². The molecule has 6 nitrogen and oxygen atoms in total. The van der Waals surface area contributed by atoms with E-state index in [1.165, 1.54) is 0 Å². The number of aliphatic carboxylic acids is 1. The van der Waals surface area contributed by atoms with Crippen molar-refractivity contribution in [3.63, 3.8) is 0 Å². The maximum atomic E-state index is 11.7. The summed E-state index contributed by atoms with van der Waals surface area (Å²) in [6, 6.07) is -0.684. The Balaban J connectivity index is 4.77. The molecule has 0 rings (SSSR count). The Bertz CT molecular complexity index is 400. The first-order valence-corrected chi connectivity index (χ1v) is 6.43. The second kappa shape index (κ2) is 7.75. The summed E-state index contributed by atoms with van der Waals surface area (Å²) in [7, 11) is 0. The third-order valence-electron chi connectivity index (χ3n) is 2.14. The second-order valence-electron chi connectivity index (χ2n) is 5.90. The fraction of sp³-hybridized carbons (Fsp3) is 0.714. The summed E-state index contributed by atoms with van der Waals surface area (Å²) in [6.45, 7) is 9.02. The van der Waals surface area contributed by atoms with Crippen LogP contribution in [0.15, 0.2) is 0 Å². The lowest BCUT2D eigenvalue weighted by molar-refractivity contribution is -0.130. The highest BCUT2D eigenvalue weighted by Crippen LogP contribution is 2.11. The number of nitrogens with one attached hydrogen (secondary N) is 1. The smallest absolute Gasteiger partial charge is 0.407 e. The molecule has 0 bridgehead atoms. The molecule has 2 unspecified atom stereocenters. The van der Waals surface area contributed by atoms with Crippen LogP contribution in [-0.2, 0) is 9.53 Å². The Morgan fingerprint density at radius 3 is 2.25 bits per heavy atom. The molecule has 114 valence electrons. The number of carboxylic acid groups (broad SMARTS) is 1. The third kappa shape index (κ3) is 9.22. The molecule has 0 aliphatic rings. The summed E-state index contributed by atoms with van der Waals surface area (Å²) in [5.41, 5.74) is -0.649. The summed E-state index contributed by atoms with van der Waals surface area (Å²) in [4.78, 5) is 22.0. The lowest BCUT2D eigenvalue weighted by atomic mass is 9.99. The number of carbonyl (C=O) groups is 2. The molecule has 0 fully saturated rings. The van der Waals surface area contributed by atoms with E-state index in [0.29, 0.717) is 6.42 Å². The average Bonchev–Trinajstić information content (AvgIpc) is 2.21. The fourth-order valence-electron chi connectivity index (χ4n) is 1.47. The van der Waals surface area contributed by atoms with Gasteiger partial charge in [-0.05, 0) is 33.1 Å². The molecule has 1 amide bonds. The monoisotopic (exact) mass is 285 g/mol. The Morgan fingerprint density at radius 1 is 1.30 bits per heavy atom. The van der Waals surface area contributed by atoms with Crippen molar-refractivity contribution in [3.05, 3.63) is 0 Å². The number of alkyl carbamates (subject to hydrolysis) is 1. The number of rotatable bonds is 4. The molecule has 20 heavy (non-hydrogen) atoms. The predicted molar refractivity (Wildman–Crippen MR) is 74.0 cm³/mol. The fourth-order valence-corrected chi connectivity index (χ4v) is 1.47. The first kappa shape index (κ1) is 18.3. The number of aliphatic hydroxyl groups is 1. The molecule has 3 N–H and O–H groups in total. The molecule has 0 heterocycles. The van der Waals surface area contributed by atoms with Gasteiger partial charge in [0.2, 0.25) is 0 Å². The molecule has 0 aromatic heterocycles. The van der Waals surface area contributed by atoms with Crippen LogP contribution in [0, 0.1) is 17.8 Å². The Morgan fingerprint density at radius 2 is 1.85 bits per heavy atom. The molecule has 6 heteroatoms. The highest BCUT2D eigenvalue weighted by Gasteiger charge is 2.24. The normalized spacial score (nSPS) is 13.9. The lowest BCUT2D eigenvalue weighted by Crippen LogP contribution is -2.45. The van der Waals surface area contributed by atoms with E-state index in [9.17, 15) is 14.7 Å². The van der Waals surface area contributed by atoms with Gasteiger partial charge < -0.3 is 20.3 Å². The van der Waals surface area contributed by atoms with Crippen molar-refractivity contribution in [2.24, 2.45) is 5.92 Å². The number of amides is 1. The van der Waals surface area contributed by atoms with E-state index >= 15 is 0 Å². The van der Waals surface area contributed by atoms with Gasteiger partial charge in [0.1, 0.15) is 11.7 Å². The van der Waals surface area contributed by atoms with Crippen LogP contribution < -0.4 is 5.32 Å². The lowest BCUT2D eigenvalue weighted by Gasteiger charge is -2.25. The van der Waals surface area contributed by atoms with Crippen LogP contribution in [0.5, 0.6) is 0 Å². The van der Waals surface area contributed by atoms with E-state index < -0.39 is 29.8 Å². The van der Waals surface area contributed by atoms with Gasteiger partial charge in [-0.2, -0.15) is 0 Å². The molecule has 0 saturated carbocycles. The van der Waals surface area contributed by atoms with E-state index in [-0.39, 0.29) is 5.92 Å². The number of ether oxygens (including phenoxy) is 1. The summed E-state index contributed by atoms with van der Waals surface area (Å²) in [5.74, 6) is 2.90. The molecule has 2 atom stereocenters. The van der Waals surface area contributed by atoms with Gasteiger partial charge in [-0.1, -0.05) is 19.8 Å². The van der Waals surface area contributed by atoms with E-state index in [4.69, 9.17) is 9.84 Å². The van der Waals surface area contributed by atoms with Crippen molar-refractivity contribution in [2.45, 2.75) is 58.8 Å². The minimum atomic E-state index is -1.33. The van der Waals surface area contributed by atoms with Gasteiger partial charge in [-0.25, -0.2) is 9.59 Å². The van der Waals surface area contributed by atoms with Crippen LogP contribution >= 0.6 is 0 Å². The van der Waals surface area contributed by atoms with Crippen molar-refractivity contribution in [1.82, 2.24) is 5.32 Å². The van der Waals surface area contributed by atoms with Crippen molar-refractivity contribution in [2.75, 3.05) is 0 Å². The van der Waals surface area contributed by atoms with Gasteiger partial charge in [0.25, 0.3) is 0 Å². The molecule has 0 radical (unpaired) electrons. The van der Waals surface area contributed by atoms with Crippen molar-refractivity contribution in [3.8, 4) is 11.8 Å². The molecule has 0 aromatic rings. The molecular weight excluding hydrogens is 262 g/mol. The van der Waals surface area contributed by atoms with Crippen LogP contribution in [0.2, 0.25) is 0 Å².